The van der Waals surface area contributed by atoms with Crippen molar-refractivity contribution < 1.29 is 37.6 Å². The zero-order valence-electron chi connectivity index (χ0n) is 16.7. The average Bonchev–Trinajstić information content (AvgIpc) is 3.10. The predicted molar refractivity (Wildman–Crippen MR) is 110 cm³/mol. The van der Waals surface area contributed by atoms with Crippen LogP contribution in [0.5, 0.6) is 11.5 Å². The highest BCUT2D eigenvalue weighted by Gasteiger charge is 2.46. The predicted octanol–water partition coefficient (Wildman–Crippen LogP) is 1.97. The molecular formula is C21H23NO8S. The Hall–Kier alpha value is -2.82. The van der Waals surface area contributed by atoms with Crippen LogP contribution < -0.4 is 14.2 Å². The number of nitrogens with one attached hydrogen (secondary N) is 1. The number of fused-ring (bicyclic) bond motifs is 3. The summed E-state index contributed by atoms with van der Waals surface area (Å²) in [6.45, 7) is -0.303. The van der Waals surface area contributed by atoms with E-state index in [1.165, 1.54) is 19.2 Å². The van der Waals surface area contributed by atoms with Crippen molar-refractivity contribution in [2.75, 3.05) is 18.4 Å². The molecular weight excluding hydrogens is 426 g/mol. The van der Waals surface area contributed by atoms with E-state index in [2.05, 4.69) is 4.72 Å². The van der Waals surface area contributed by atoms with E-state index in [4.69, 9.17) is 19.3 Å². The summed E-state index contributed by atoms with van der Waals surface area (Å²) in [5.41, 5.74) is 1.12. The normalized spacial score (nSPS) is 24.6. The van der Waals surface area contributed by atoms with E-state index >= 15 is 0 Å². The number of anilines is 1. The van der Waals surface area contributed by atoms with Crippen LogP contribution in [0.25, 0.3) is 0 Å². The molecule has 9 nitrogen and oxygen atoms in total. The number of aliphatic hydroxyl groups excluding tert-OH is 1. The van der Waals surface area contributed by atoms with Crippen LogP contribution in [0, 0.1) is 0 Å². The van der Waals surface area contributed by atoms with E-state index in [1.807, 2.05) is 0 Å². The lowest BCUT2D eigenvalue weighted by Crippen LogP contribution is -2.46. The second kappa shape index (κ2) is 8.37. The monoisotopic (exact) mass is 449 g/mol. The second-order valence-electron chi connectivity index (χ2n) is 7.54. The lowest BCUT2D eigenvalue weighted by atomic mass is 9.84. The van der Waals surface area contributed by atoms with Gasteiger partial charge in [-0.2, -0.15) is 0 Å². The van der Waals surface area contributed by atoms with Gasteiger partial charge in [0, 0.05) is 17.2 Å². The smallest absolute Gasteiger partial charge is 0.305 e. The van der Waals surface area contributed by atoms with Crippen LogP contribution in [0.15, 0.2) is 47.4 Å². The number of benzene rings is 2. The Morgan fingerprint density at radius 1 is 1.23 bits per heavy atom. The third kappa shape index (κ3) is 4.32. The number of rotatable bonds is 7. The molecule has 2 aliphatic rings. The molecule has 0 amide bonds. The van der Waals surface area contributed by atoms with Gasteiger partial charge in [0.15, 0.2) is 0 Å². The summed E-state index contributed by atoms with van der Waals surface area (Å²) in [7, 11) is -2.32. The van der Waals surface area contributed by atoms with Crippen LogP contribution in [0.1, 0.15) is 24.3 Å². The molecule has 4 atom stereocenters. The highest BCUT2D eigenvalue weighted by Crippen LogP contribution is 2.47. The lowest BCUT2D eigenvalue weighted by molar-refractivity contribution is -0.153. The number of carbonyl (C=O) groups is 1. The van der Waals surface area contributed by atoms with Crippen LogP contribution in [0.2, 0.25) is 0 Å². The molecule has 0 bridgehead atoms. The summed E-state index contributed by atoms with van der Waals surface area (Å²) in [6, 6.07) is 11.0. The molecule has 2 aromatic carbocycles. The molecule has 31 heavy (non-hydrogen) atoms. The van der Waals surface area contributed by atoms with Crippen molar-refractivity contribution in [3.05, 3.63) is 48.0 Å². The first-order valence-corrected chi connectivity index (χ1v) is 11.2. The van der Waals surface area contributed by atoms with Gasteiger partial charge in [-0.3, -0.25) is 9.52 Å². The fraction of sp³-hybridized carbons (Fsp3) is 0.381. The minimum atomic E-state index is -3.82. The number of ether oxygens (including phenoxy) is 3. The number of aliphatic carboxylic acids is 1. The molecule has 3 N–H and O–H groups in total. The summed E-state index contributed by atoms with van der Waals surface area (Å²) < 4.78 is 44.8. The maximum atomic E-state index is 12.8. The molecule has 2 aromatic rings. The molecule has 1 fully saturated rings. The largest absolute Gasteiger partial charge is 0.497 e. The number of sulfonamides is 1. The number of methoxy groups -OCH3 is 1. The Morgan fingerprint density at radius 2 is 1.97 bits per heavy atom. The Labute approximate surface area is 179 Å². The van der Waals surface area contributed by atoms with Gasteiger partial charge in [-0.05, 0) is 48.9 Å². The van der Waals surface area contributed by atoms with Crippen LogP contribution in [-0.4, -0.2) is 56.6 Å². The zero-order valence-corrected chi connectivity index (χ0v) is 17.5. The molecule has 0 unspecified atom stereocenters. The van der Waals surface area contributed by atoms with Crippen LogP contribution in [0.4, 0.5) is 5.69 Å². The topological polar surface area (TPSA) is 131 Å². The summed E-state index contributed by atoms with van der Waals surface area (Å²) >= 11 is 0. The first-order valence-electron chi connectivity index (χ1n) is 9.76. The first-order chi connectivity index (χ1) is 14.8. The van der Waals surface area contributed by atoms with Gasteiger partial charge in [-0.1, -0.05) is 0 Å². The van der Waals surface area contributed by atoms with E-state index < -0.39 is 34.3 Å². The van der Waals surface area contributed by atoms with Crippen LogP contribution in [0.3, 0.4) is 0 Å². The molecule has 2 heterocycles. The average molecular weight is 449 g/mol. The molecule has 10 heteroatoms. The fourth-order valence-electron chi connectivity index (χ4n) is 4.12. The van der Waals surface area contributed by atoms with Gasteiger partial charge in [0.05, 0.1) is 31.1 Å². The van der Waals surface area contributed by atoms with Crippen molar-refractivity contribution in [3.8, 4) is 11.5 Å². The third-order valence-electron chi connectivity index (χ3n) is 5.52. The van der Waals surface area contributed by atoms with Gasteiger partial charge >= 0.3 is 5.97 Å². The minimum absolute atomic E-state index is 0.0934. The fourth-order valence-corrected chi connectivity index (χ4v) is 5.17. The Kier molecular flexibility index (Phi) is 5.78. The van der Waals surface area contributed by atoms with E-state index in [0.29, 0.717) is 23.6 Å². The van der Waals surface area contributed by atoms with Gasteiger partial charge in [-0.25, -0.2) is 8.42 Å². The van der Waals surface area contributed by atoms with Crippen molar-refractivity contribution in [1.29, 1.82) is 0 Å². The third-order valence-corrected chi connectivity index (χ3v) is 6.92. The maximum Gasteiger partial charge on any atom is 0.305 e. The van der Waals surface area contributed by atoms with Crippen molar-refractivity contribution in [1.82, 2.24) is 0 Å². The standard InChI is InChI=1S/C21H23NO8S/c1-28-13-3-5-15(6-4-13)31(26,27)22-12-2-7-18-16(8-12)17-9-14(10-20(24)25)29-19(11-23)21(17)30-18/h2-8,14,17,19,21-23H,9-11H2,1H3,(H,24,25)/t14-,17+,19-,21-/m1/s1. The molecule has 166 valence electrons. The van der Waals surface area contributed by atoms with Crippen molar-refractivity contribution in [2.24, 2.45) is 0 Å². The number of carboxylic acids is 1. The van der Waals surface area contributed by atoms with E-state index in [0.717, 1.165) is 5.56 Å². The zero-order chi connectivity index (χ0) is 22.2. The van der Waals surface area contributed by atoms with Crippen molar-refractivity contribution in [2.45, 2.75) is 42.0 Å². The number of aliphatic hydroxyl groups is 1. The SMILES string of the molecule is COc1ccc(S(=O)(=O)Nc2ccc3c(c2)[C@@H]2C[C@H](CC(=O)O)O[C@H](CO)[C@@H]2O3)cc1. The first kappa shape index (κ1) is 21.4. The van der Waals surface area contributed by atoms with Gasteiger partial charge in [-0.15, -0.1) is 0 Å². The quantitative estimate of drug-likeness (QED) is 0.585. The summed E-state index contributed by atoms with van der Waals surface area (Å²) in [5.74, 6) is -0.0788. The minimum Gasteiger partial charge on any atom is -0.497 e. The molecule has 2 aliphatic heterocycles. The van der Waals surface area contributed by atoms with Crippen LogP contribution >= 0.6 is 0 Å². The van der Waals surface area contributed by atoms with E-state index in [9.17, 15) is 18.3 Å². The molecule has 1 saturated heterocycles. The number of carboxylic acid groups (broad SMARTS) is 1. The van der Waals surface area contributed by atoms with E-state index in [1.54, 1.807) is 30.3 Å². The molecule has 0 radical (unpaired) electrons. The summed E-state index contributed by atoms with van der Waals surface area (Å²) in [5, 5.41) is 18.8. The molecule has 0 aromatic heterocycles. The molecule has 0 spiro atoms. The van der Waals surface area contributed by atoms with E-state index in [-0.39, 0.29) is 23.8 Å². The van der Waals surface area contributed by atoms with Gasteiger partial charge in [0.25, 0.3) is 10.0 Å². The van der Waals surface area contributed by atoms with Gasteiger partial charge < -0.3 is 24.4 Å². The highest BCUT2D eigenvalue weighted by atomic mass is 32.2. The van der Waals surface area contributed by atoms with Gasteiger partial charge in [0.1, 0.15) is 23.7 Å². The lowest BCUT2D eigenvalue weighted by Gasteiger charge is -2.36. The molecule has 0 saturated carbocycles. The second-order valence-corrected chi connectivity index (χ2v) is 9.22. The molecule has 4 rings (SSSR count). The Morgan fingerprint density at radius 3 is 2.61 bits per heavy atom. The summed E-state index contributed by atoms with van der Waals surface area (Å²) in [6.07, 6.45) is -1.47. The summed E-state index contributed by atoms with van der Waals surface area (Å²) in [4.78, 5) is 11.2. The van der Waals surface area contributed by atoms with Crippen molar-refractivity contribution >= 4 is 21.7 Å². The van der Waals surface area contributed by atoms with Gasteiger partial charge in [0.2, 0.25) is 0 Å². The Balaban J connectivity index is 1.58. The van der Waals surface area contributed by atoms with Crippen molar-refractivity contribution in [3.63, 3.8) is 0 Å². The highest BCUT2D eigenvalue weighted by molar-refractivity contribution is 7.92. The number of hydrogen-bond donors (Lipinski definition) is 3. The number of hydrogen-bond acceptors (Lipinski definition) is 7. The molecule has 0 aliphatic carbocycles. The maximum absolute atomic E-state index is 12.8. The van der Waals surface area contributed by atoms with Crippen LogP contribution in [-0.2, 0) is 19.6 Å². The Bertz CT molecular complexity index is 1070.